The monoisotopic (exact) mass is 202 g/mol. The van der Waals surface area contributed by atoms with Gasteiger partial charge in [0.25, 0.3) is 0 Å². The first-order valence-corrected chi connectivity index (χ1v) is 5.63. The van der Waals surface area contributed by atoms with Crippen LogP contribution in [0.1, 0.15) is 48.0 Å². The van der Waals surface area contributed by atoms with Gasteiger partial charge in [0.2, 0.25) is 0 Å². The highest BCUT2D eigenvalue weighted by atomic mass is 16.5. The highest BCUT2D eigenvalue weighted by molar-refractivity contribution is 4.74. The van der Waals surface area contributed by atoms with Crippen molar-refractivity contribution in [1.82, 2.24) is 0 Å². The third-order valence-corrected chi connectivity index (χ3v) is 3.18. The number of aliphatic hydroxyl groups is 1. The smallest absolute Gasteiger partial charge is 0.0649 e. The second kappa shape index (κ2) is 5.72. The van der Waals surface area contributed by atoms with Crippen LogP contribution in [-0.2, 0) is 4.74 Å². The Balaban J connectivity index is 3.93. The van der Waals surface area contributed by atoms with Crippen LogP contribution in [0.3, 0.4) is 0 Å². The summed E-state index contributed by atoms with van der Waals surface area (Å²) >= 11 is 0. The highest BCUT2D eigenvalue weighted by Gasteiger charge is 2.24. The molecule has 2 atom stereocenters. The number of hydrogen-bond acceptors (Lipinski definition) is 2. The summed E-state index contributed by atoms with van der Waals surface area (Å²) in [5, 5.41) is 9.58. The molecule has 0 aliphatic rings. The minimum absolute atomic E-state index is 0.0955. The van der Waals surface area contributed by atoms with Gasteiger partial charge < -0.3 is 9.84 Å². The molecule has 1 N–H and O–H groups in total. The zero-order valence-electron chi connectivity index (χ0n) is 10.5. The SMILES string of the molecule is CCC(O)C(C)COC(C)(C)C(C)C. The normalized spacial score (nSPS) is 17.1. The van der Waals surface area contributed by atoms with Crippen LogP contribution in [0.25, 0.3) is 0 Å². The van der Waals surface area contributed by atoms with Crippen LogP contribution in [-0.4, -0.2) is 23.4 Å². The van der Waals surface area contributed by atoms with Gasteiger partial charge >= 0.3 is 0 Å². The van der Waals surface area contributed by atoms with Crippen molar-refractivity contribution in [2.24, 2.45) is 11.8 Å². The molecule has 0 aliphatic heterocycles. The van der Waals surface area contributed by atoms with Gasteiger partial charge in [-0.2, -0.15) is 0 Å². The average Bonchev–Trinajstić information content (AvgIpc) is 2.12. The predicted octanol–water partition coefficient (Wildman–Crippen LogP) is 2.84. The van der Waals surface area contributed by atoms with E-state index in [4.69, 9.17) is 4.74 Å². The standard InChI is InChI=1S/C12H26O2/c1-7-11(13)10(4)8-14-12(5,6)9(2)3/h9-11,13H,7-8H2,1-6H3. The minimum atomic E-state index is -0.238. The Hall–Kier alpha value is -0.0800. The third-order valence-electron chi connectivity index (χ3n) is 3.18. The van der Waals surface area contributed by atoms with E-state index in [1.54, 1.807) is 0 Å². The van der Waals surface area contributed by atoms with Crippen LogP contribution in [0.2, 0.25) is 0 Å². The van der Waals surface area contributed by atoms with Crippen molar-refractivity contribution < 1.29 is 9.84 Å². The van der Waals surface area contributed by atoms with Crippen molar-refractivity contribution in [2.45, 2.75) is 59.7 Å². The lowest BCUT2D eigenvalue weighted by molar-refractivity contribution is -0.0789. The summed E-state index contributed by atoms with van der Waals surface area (Å²) in [4.78, 5) is 0. The predicted molar refractivity (Wildman–Crippen MR) is 60.3 cm³/mol. The molecule has 0 saturated heterocycles. The van der Waals surface area contributed by atoms with Gasteiger partial charge in [-0.1, -0.05) is 27.7 Å². The molecule has 0 heterocycles. The lowest BCUT2D eigenvalue weighted by Crippen LogP contribution is -2.34. The summed E-state index contributed by atoms with van der Waals surface area (Å²) in [6.45, 7) is 13.2. The Bertz CT molecular complexity index is 152. The summed E-state index contributed by atoms with van der Waals surface area (Å²) in [6, 6.07) is 0. The molecular formula is C12H26O2. The lowest BCUT2D eigenvalue weighted by Gasteiger charge is -2.31. The zero-order valence-corrected chi connectivity index (χ0v) is 10.5. The van der Waals surface area contributed by atoms with Crippen molar-refractivity contribution in [3.05, 3.63) is 0 Å². The maximum atomic E-state index is 9.58. The van der Waals surface area contributed by atoms with Gasteiger partial charge in [-0.25, -0.2) is 0 Å². The van der Waals surface area contributed by atoms with E-state index in [0.29, 0.717) is 12.5 Å². The number of hydrogen-bond donors (Lipinski definition) is 1. The van der Waals surface area contributed by atoms with E-state index < -0.39 is 0 Å². The molecule has 0 saturated carbocycles. The molecule has 2 unspecified atom stereocenters. The summed E-state index contributed by atoms with van der Waals surface area (Å²) in [7, 11) is 0. The van der Waals surface area contributed by atoms with Crippen molar-refractivity contribution in [3.8, 4) is 0 Å². The second-order valence-corrected chi connectivity index (χ2v) is 5.02. The van der Waals surface area contributed by atoms with Gasteiger partial charge in [0.1, 0.15) is 0 Å². The maximum Gasteiger partial charge on any atom is 0.0649 e. The first-order valence-electron chi connectivity index (χ1n) is 5.63. The van der Waals surface area contributed by atoms with Gasteiger partial charge in [-0.3, -0.25) is 0 Å². The Morgan fingerprint density at radius 3 is 2.07 bits per heavy atom. The molecule has 2 nitrogen and oxygen atoms in total. The van der Waals surface area contributed by atoms with E-state index >= 15 is 0 Å². The largest absolute Gasteiger partial charge is 0.393 e. The lowest BCUT2D eigenvalue weighted by atomic mass is 9.94. The molecular weight excluding hydrogens is 176 g/mol. The first kappa shape index (κ1) is 13.9. The van der Waals surface area contributed by atoms with E-state index in [1.807, 2.05) is 13.8 Å². The van der Waals surface area contributed by atoms with Crippen molar-refractivity contribution >= 4 is 0 Å². The second-order valence-electron chi connectivity index (χ2n) is 5.02. The van der Waals surface area contributed by atoms with Crippen LogP contribution in [0.4, 0.5) is 0 Å². The summed E-state index contributed by atoms with van der Waals surface area (Å²) in [5.74, 6) is 0.714. The fourth-order valence-corrected chi connectivity index (χ4v) is 1.03. The molecule has 0 amide bonds. The van der Waals surface area contributed by atoms with Crippen LogP contribution < -0.4 is 0 Å². The molecule has 0 aliphatic carbocycles. The van der Waals surface area contributed by atoms with E-state index in [2.05, 4.69) is 27.7 Å². The Morgan fingerprint density at radius 1 is 1.21 bits per heavy atom. The van der Waals surface area contributed by atoms with E-state index in [-0.39, 0.29) is 17.6 Å². The van der Waals surface area contributed by atoms with E-state index in [1.165, 1.54) is 0 Å². The number of aliphatic hydroxyl groups excluding tert-OH is 1. The van der Waals surface area contributed by atoms with Gasteiger partial charge in [-0.15, -0.1) is 0 Å². The fraction of sp³-hybridized carbons (Fsp3) is 1.00. The summed E-state index contributed by atoms with van der Waals surface area (Å²) in [6.07, 6.45) is 0.560. The van der Waals surface area contributed by atoms with Crippen molar-refractivity contribution in [2.75, 3.05) is 6.61 Å². The van der Waals surface area contributed by atoms with Gasteiger partial charge in [0, 0.05) is 5.92 Å². The molecule has 0 bridgehead atoms. The summed E-state index contributed by atoms with van der Waals surface area (Å²) in [5.41, 5.74) is -0.0955. The molecule has 0 fully saturated rings. The average molecular weight is 202 g/mol. The minimum Gasteiger partial charge on any atom is -0.393 e. The van der Waals surface area contributed by atoms with Gasteiger partial charge in [0.05, 0.1) is 18.3 Å². The molecule has 0 rings (SSSR count). The van der Waals surface area contributed by atoms with Crippen LogP contribution >= 0.6 is 0 Å². The highest BCUT2D eigenvalue weighted by Crippen LogP contribution is 2.22. The number of ether oxygens (including phenoxy) is 1. The Labute approximate surface area is 88.7 Å². The Morgan fingerprint density at radius 2 is 1.71 bits per heavy atom. The van der Waals surface area contributed by atoms with Gasteiger partial charge in [0.15, 0.2) is 0 Å². The van der Waals surface area contributed by atoms with Gasteiger partial charge in [-0.05, 0) is 26.2 Å². The van der Waals surface area contributed by atoms with Crippen LogP contribution in [0, 0.1) is 11.8 Å². The third kappa shape index (κ3) is 4.43. The van der Waals surface area contributed by atoms with E-state index in [9.17, 15) is 5.11 Å². The maximum absolute atomic E-state index is 9.58. The van der Waals surface area contributed by atoms with Crippen LogP contribution in [0.5, 0.6) is 0 Å². The fourth-order valence-electron chi connectivity index (χ4n) is 1.03. The number of rotatable bonds is 6. The Kier molecular flexibility index (Phi) is 5.68. The molecule has 0 aromatic carbocycles. The molecule has 86 valence electrons. The molecule has 14 heavy (non-hydrogen) atoms. The first-order chi connectivity index (χ1) is 6.31. The van der Waals surface area contributed by atoms with Crippen molar-refractivity contribution in [3.63, 3.8) is 0 Å². The van der Waals surface area contributed by atoms with Crippen LogP contribution in [0.15, 0.2) is 0 Å². The zero-order chi connectivity index (χ0) is 11.4. The summed E-state index contributed by atoms with van der Waals surface area (Å²) < 4.78 is 5.82. The molecule has 0 radical (unpaired) electrons. The molecule has 0 aromatic rings. The molecule has 2 heteroatoms. The quantitative estimate of drug-likeness (QED) is 0.717. The van der Waals surface area contributed by atoms with Crippen molar-refractivity contribution in [1.29, 1.82) is 0 Å². The molecule has 0 aromatic heterocycles. The van der Waals surface area contributed by atoms with E-state index in [0.717, 1.165) is 6.42 Å². The topological polar surface area (TPSA) is 29.5 Å². The molecule has 0 spiro atoms.